The molecule has 0 unspecified atom stereocenters. The van der Waals surface area contributed by atoms with Crippen molar-refractivity contribution in [3.8, 4) is 0 Å². The van der Waals surface area contributed by atoms with Crippen LogP contribution in [0, 0.1) is 5.92 Å². The number of likely N-dealkylation sites (tertiary alicyclic amines) is 2. The Hall–Kier alpha value is -2.65. The highest BCUT2D eigenvalue weighted by Crippen LogP contribution is 2.32. The zero-order chi connectivity index (χ0) is 26.7. The Morgan fingerprint density at radius 2 is 1.61 bits per heavy atom. The van der Waals surface area contributed by atoms with Gasteiger partial charge in [0.1, 0.15) is 24.1 Å². The minimum Gasteiger partial charge on any atom is -0.444 e. The molecule has 0 saturated carbocycles. The van der Waals surface area contributed by atoms with Gasteiger partial charge in [-0.3, -0.25) is 14.5 Å². The second kappa shape index (κ2) is 11.2. The number of hydrogen-bond donors (Lipinski definition) is 0. The molecule has 2 aliphatic rings. The average molecular weight is 515 g/mol. The molecule has 2 aliphatic heterocycles. The Kier molecular flexibility index (Phi) is 8.67. The Morgan fingerprint density at radius 3 is 2.19 bits per heavy atom. The SMILES string of the molecule is CC(C)(C)OC(=O)N1CCC[C@H]1C(=O)N1CCC(CC(=O)Cc2cc(CF)cc(C(F)(F)F)c2)CC1. The molecular formula is C26H34F4N2O4. The topological polar surface area (TPSA) is 66.9 Å². The number of halogens is 4. The Labute approximate surface area is 208 Å². The van der Waals surface area contributed by atoms with Crippen molar-refractivity contribution in [3.63, 3.8) is 0 Å². The lowest BCUT2D eigenvalue weighted by molar-refractivity contribution is -0.138. The van der Waals surface area contributed by atoms with E-state index in [1.165, 1.54) is 11.0 Å². The minimum atomic E-state index is -4.61. The lowest BCUT2D eigenvalue weighted by Crippen LogP contribution is -2.51. The van der Waals surface area contributed by atoms with Gasteiger partial charge in [-0.15, -0.1) is 0 Å². The molecule has 0 aromatic heterocycles. The first-order valence-electron chi connectivity index (χ1n) is 12.3. The van der Waals surface area contributed by atoms with E-state index in [2.05, 4.69) is 0 Å². The zero-order valence-corrected chi connectivity index (χ0v) is 21.0. The van der Waals surface area contributed by atoms with Crippen LogP contribution in [0.15, 0.2) is 18.2 Å². The molecule has 6 nitrogen and oxygen atoms in total. The lowest BCUT2D eigenvalue weighted by atomic mass is 9.89. The average Bonchev–Trinajstić information content (AvgIpc) is 3.27. The largest absolute Gasteiger partial charge is 0.444 e. The van der Waals surface area contributed by atoms with E-state index in [0.29, 0.717) is 38.9 Å². The summed E-state index contributed by atoms with van der Waals surface area (Å²) in [6.45, 7) is 5.65. The first-order chi connectivity index (χ1) is 16.8. The summed E-state index contributed by atoms with van der Waals surface area (Å²) in [5.41, 5.74) is -1.57. The van der Waals surface area contributed by atoms with E-state index in [9.17, 15) is 31.9 Å². The number of benzene rings is 1. The molecule has 0 bridgehead atoms. The van der Waals surface area contributed by atoms with E-state index in [0.717, 1.165) is 18.6 Å². The third kappa shape index (κ3) is 7.43. The van der Waals surface area contributed by atoms with Gasteiger partial charge in [0.15, 0.2) is 0 Å². The fourth-order valence-electron chi connectivity index (χ4n) is 4.86. The van der Waals surface area contributed by atoms with Crippen molar-refractivity contribution >= 4 is 17.8 Å². The van der Waals surface area contributed by atoms with E-state index in [1.807, 2.05) is 0 Å². The number of amides is 2. The fraction of sp³-hybridized carbons (Fsp3) is 0.654. The number of Topliss-reactive ketones (excluding diaryl/α,β-unsaturated/α-hetero) is 1. The van der Waals surface area contributed by atoms with Gasteiger partial charge in [0, 0.05) is 32.5 Å². The molecule has 3 rings (SSSR count). The van der Waals surface area contributed by atoms with Gasteiger partial charge in [0.25, 0.3) is 0 Å². The second-order valence-corrected chi connectivity index (χ2v) is 10.7. The quantitative estimate of drug-likeness (QED) is 0.483. The van der Waals surface area contributed by atoms with Gasteiger partial charge in [0.2, 0.25) is 5.91 Å². The highest BCUT2D eigenvalue weighted by atomic mass is 19.4. The Balaban J connectivity index is 1.52. The standard InChI is InChI=1S/C26H34F4N2O4/c1-25(2,3)36-24(35)32-8-4-5-22(32)23(34)31-9-6-17(7-10-31)14-21(33)15-18-11-19(16-27)13-20(12-18)26(28,29)30/h11-13,17,22H,4-10,14-16H2,1-3H3/t22-/m0/s1. The van der Waals surface area contributed by atoms with E-state index in [1.54, 1.807) is 25.7 Å². The van der Waals surface area contributed by atoms with Crippen LogP contribution < -0.4 is 0 Å². The van der Waals surface area contributed by atoms with Gasteiger partial charge < -0.3 is 9.64 Å². The number of carbonyl (C=O) groups excluding carboxylic acids is 3. The number of rotatable bonds is 6. The van der Waals surface area contributed by atoms with Crippen molar-refractivity contribution in [2.45, 2.75) is 83.8 Å². The summed E-state index contributed by atoms with van der Waals surface area (Å²) in [5, 5.41) is 0. The number of piperidine rings is 1. The molecule has 0 N–H and O–H groups in total. The maximum absolute atomic E-state index is 13.1. The summed E-state index contributed by atoms with van der Waals surface area (Å²) in [6, 6.07) is 2.40. The summed E-state index contributed by atoms with van der Waals surface area (Å²) in [4.78, 5) is 41.4. The van der Waals surface area contributed by atoms with Crippen molar-refractivity contribution in [2.24, 2.45) is 5.92 Å². The van der Waals surface area contributed by atoms with Crippen LogP contribution in [0.1, 0.15) is 69.6 Å². The van der Waals surface area contributed by atoms with Crippen molar-refractivity contribution in [2.75, 3.05) is 19.6 Å². The number of nitrogens with zero attached hydrogens (tertiary/aromatic N) is 2. The van der Waals surface area contributed by atoms with E-state index >= 15 is 0 Å². The maximum atomic E-state index is 13.1. The summed E-state index contributed by atoms with van der Waals surface area (Å²) in [5.74, 6) is -0.319. The summed E-state index contributed by atoms with van der Waals surface area (Å²) in [6.07, 6.45) is -2.62. The lowest BCUT2D eigenvalue weighted by Gasteiger charge is -2.35. The molecule has 2 amide bonds. The van der Waals surface area contributed by atoms with Gasteiger partial charge in [0.05, 0.1) is 5.56 Å². The normalized spacial score (nSPS) is 19.5. The predicted octanol–water partition coefficient (Wildman–Crippen LogP) is 5.31. The molecule has 0 aliphatic carbocycles. The molecule has 200 valence electrons. The van der Waals surface area contributed by atoms with Gasteiger partial charge >= 0.3 is 12.3 Å². The number of ether oxygens (including phenoxy) is 1. The van der Waals surface area contributed by atoms with Crippen LogP contribution in [0.3, 0.4) is 0 Å². The van der Waals surface area contributed by atoms with E-state index in [4.69, 9.17) is 4.74 Å². The van der Waals surface area contributed by atoms with Crippen LogP contribution in [0.5, 0.6) is 0 Å². The third-order valence-electron chi connectivity index (χ3n) is 6.54. The van der Waals surface area contributed by atoms with E-state index in [-0.39, 0.29) is 41.6 Å². The fourth-order valence-corrected chi connectivity index (χ4v) is 4.86. The summed E-state index contributed by atoms with van der Waals surface area (Å²) >= 11 is 0. The number of carbonyl (C=O) groups is 3. The molecule has 10 heteroatoms. The van der Waals surface area contributed by atoms with Gasteiger partial charge in [-0.1, -0.05) is 6.07 Å². The molecule has 2 heterocycles. The van der Waals surface area contributed by atoms with E-state index < -0.39 is 36.2 Å². The highest BCUT2D eigenvalue weighted by molar-refractivity contribution is 5.86. The van der Waals surface area contributed by atoms with Crippen LogP contribution in [-0.2, 0) is 33.6 Å². The smallest absolute Gasteiger partial charge is 0.416 e. The van der Waals surface area contributed by atoms with Crippen LogP contribution >= 0.6 is 0 Å². The zero-order valence-electron chi connectivity index (χ0n) is 21.0. The molecule has 0 spiro atoms. The molecule has 2 fully saturated rings. The Morgan fingerprint density at radius 1 is 0.972 bits per heavy atom. The maximum Gasteiger partial charge on any atom is 0.416 e. The summed E-state index contributed by atoms with van der Waals surface area (Å²) < 4.78 is 57.7. The van der Waals surface area contributed by atoms with Gasteiger partial charge in [-0.2, -0.15) is 13.2 Å². The van der Waals surface area contributed by atoms with Crippen molar-refractivity contribution in [1.29, 1.82) is 0 Å². The molecular weight excluding hydrogens is 480 g/mol. The Bertz CT molecular complexity index is 966. The number of ketones is 1. The van der Waals surface area contributed by atoms with Crippen LogP contribution in [-0.4, -0.2) is 58.9 Å². The number of hydrogen-bond acceptors (Lipinski definition) is 4. The molecule has 1 atom stereocenters. The van der Waals surface area contributed by atoms with Crippen molar-refractivity contribution in [1.82, 2.24) is 9.80 Å². The molecule has 2 saturated heterocycles. The second-order valence-electron chi connectivity index (χ2n) is 10.7. The van der Waals surface area contributed by atoms with Crippen LogP contribution in [0.25, 0.3) is 0 Å². The predicted molar refractivity (Wildman–Crippen MR) is 125 cm³/mol. The monoisotopic (exact) mass is 514 g/mol. The van der Waals surface area contributed by atoms with Crippen molar-refractivity contribution in [3.05, 3.63) is 34.9 Å². The van der Waals surface area contributed by atoms with Crippen LogP contribution in [0.2, 0.25) is 0 Å². The number of alkyl halides is 4. The van der Waals surface area contributed by atoms with Gasteiger partial charge in [-0.25, -0.2) is 9.18 Å². The minimum absolute atomic E-state index is 0.0125. The van der Waals surface area contributed by atoms with Gasteiger partial charge in [-0.05, 0) is 75.6 Å². The highest BCUT2D eigenvalue weighted by Gasteiger charge is 2.39. The summed E-state index contributed by atoms with van der Waals surface area (Å²) in [7, 11) is 0. The van der Waals surface area contributed by atoms with Crippen molar-refractivity contribution < 1.29 is 36.7 Å². The molecule has 1 aromatic carbocycles. The third-order valence-corrected chi connectivity index (χ3v) is 6.54. The molecule has 36 heavy (non-hydrogen) atoms. The molecule has 0 radical (unpaired) electrons. The molecule has 1 aromatic rings. The first kappa shape index (κ1) is 27.9. The van der Waals surface area contributed by atoms with Crippen LogP contribution in [0.4, 0.5) is 22.4 Å². The first-order valence-corrected chi connectivity index (χ1v) is 12.3.